The quantitative estimate of drug-likeness (QED) is 0.862. The van der Waals surface area contributed by atoms with Gasteiger partial charge >= 0.3 is 0 Å². The van der Waals surface area contributed by atoms with Gasteiger partial charge in [-0.2, -0.15) is 0 Å². The monoisotopic (exact) mass is 345 g/mol. The molecule has 2 rings (SSSR count). The minimum absolute atomic E-state index is 0. The van der Waals surface area contributed by atoms with Crippen LogP contribution in [-0.2, 0) is 4.79 Å². The molecule has 1 aromatic carbocycles. The number of aryl methyl sites for hydroxylation is 1. The number of nitrogens with one attached hydrogen (secondary N) is 2. The first-order valence-corrected chi connectivity index (χ1v) is 7.89. The van der Waals surface area contributed by atoms with Crippen LogP contribution in [0, 0.1) is 12.8 Å². The minimum Gasteiger partial charge on any atom is -0.324 e. The largest absolute Gasteiger partial charge is 0.324 e. The Morgan fingerprint density at radius 3 is 2.91 bits per heavy atom. The van der Waals surface area contributed by atoms with Gasteiger partial charge in [-0.15, -0.1) is 12.4 Å². The molecular weight excluding hydrogens is 321 g/mol. The fraction of sp³-hybridized carbons (Fsp3) is 0.562. The van der Waals surface area contributed by atoms with Crippen LogP contribution >= 0.6 is 24.0 Å². The maximum atomic E-state index is 12.2. The number of carbonyl (C=O) groups excluding carboxylic acids is 1. The Morgan fingerprint density at radius 1 is 1.45 bits per heavy atom. The van der Waals surface area contributed by atoms with Crippen LogP contribution in [-0.4, -0.2) is 44.0 Å². The Hall–Kier alpha value is -0.810. The van der Waals surface area contributed by atoms with Crippen molar-refractivity contribution in [2.24, 2.45) is 5.92 Å². The third-order valence-electron chi connectivity index (χ3n) is 3.86. The zero-order valence-electron chi connectivity index (χ0n) is 13.2. The Kier molecular flexibility index (Phi) is 8.18. The predicted molar refractivity (Wildman–Crippen MR) is 95.2 cm³/mol. The lowest BCUT2D eigenvalue weighted by atomic mass is 9.98. The zero-order valence-corrected chi connectivity index (χ0v) is 14.8. The van der Waals surface area contributed by atoms with Crippen LogP contribution in [0.2, 0.25) is 5.02 Å². The molecule has 22 heavy (non-hydrogen) atoms. The molecule has 0 bridgehead atoms. The highest BCUT2D eigenvalue weighted by molar-refractivity contribution is 6.33. The van der Waals surface area contributed by atoms with E-state index >= 15 is 0 Å². The second kappa shape index (κ2) is 9.36. The van der Waals surface area contributed by atoms with Gasteiger partial charge in [0.15, 0.2) is 0 Å². The molecule has 1 atom stereocenters. The van der Waals surface area contributed by atoms with Gasteiger partial charge in [-0.05, 0) is 63.5 Å². The van der Waals surface area contributed by atoms with Crippen LogP contribution < -0.4 is 10.6 Å². The molecule has 0 aliphatic carbocycles. The van der Waals surface area contributed by atoms with Gasteiger partial charge in [-0.3, -0.25) is 9.69 Å². The van der Waals surface area contributed by atoms with E-state index in [0.717, 1.165) is 31.6 Å². The molecule has 1 saturated heterocycles. The summed E-state index contributed by atoms with van der Waals surface area (Å²) in [5.74, 6) is 0.644. The molecular formula is C16H25Cl2N3O. The Morgan fingerprint density at radius 2 is 2.23 bits per heavy atom. The van der Waals surface area contributed by atoms with Crippen molar-refractivity contribution in [3.8, 4) is 0 Å². The number of rotatable bonds is 5. The molecule has 0 aromatic heterocycles. The average Bonchev–Trinajstić information content (AvgIpc) is 2.43. The normalized spacial score (nSPS) is 18.6. The molecule has 0 spiro atoms. The fourth-order valence-electron chi connectivity index (χ4n) is 2.86. The van der Waals surface area contributed by atoms with E-state index in [1.54, 1.807) is 0 Å². The van der Waals surface area contributed by atoms with Crippen LogP contribution in [0.4, 0.5) is 5.69 Å². The number of nitrogens with zero attached hydrogens (tertiary/aromatic N) is 1. The standard InChI is InChI=1S/C16H24ClN3O.ClH/c1-12-5-6-15(14(17)8-12)19-16(21)11-20-7-3-4-13(10-20)9-18-2;/h5-6,8,13,18H,3-4,7,9-11H2,1-2H3,(H,19,21);1H. The van der Waals surface area contributed by atoms with E-state index in [2.05, 4.69) is 15.5 Å². The summed E-state index contributed by atoms with van der Waals surface area (Å²) in [4.78, 5) is 14.4. The Bertz CT molecular complexity index is 494. The summed E-state index contributed by atoms with van der Waals surface area (Å²) >= 11 is 6.14. The summed E-state index contributed by atoms with van der Waals surface area (Å²) in [6, 6.07) is 5.67. The van der Waals surface area contributed by atoms with Gasteiger partial charge in [0.05, 0.1) is 17.3 Å². The molecule has 1 heterocycles. The van der Waals surface area contributed by atoms with Crippen LogP contribution in [0.25, 0.3) is 0 Å². The lowest BCUT2D eigenvalue weighted by Gasteiger charge is -2.32. The number of hydrogen-bond donors (Lipinski definition) is 2. The topological polar surface area (TPSA) is 44.4 Å². The fourth-order valence-corrected chi connectivity index (χ4v) is 3.15. The van der Waals surface area contributed by atoms with Crippen LogP contribution in [0.3, 0.4) is 0 Å². The van der Waals surface area contributed by atoms with Crippen molar-refractivity contribution < 1.29 is 4.79 Å². The number of likely N-dealkylation sites (tertiary alicyclic amines) is 1. The number of hydrogen-bond acceptors (Lipinski definition) is 3. The van der Waals surface area contributed by atoms with Gasteiger partial charge in [0.25, 0.3) is 0 Å². The number of piperidine rings is 1. The maximum absolute atomic E-state index is 12.2. The van der Waals surface area contributed by atoms with Gasteiger partial charge < -0.3 is 10.6 Å². The highest BCUT2D eigenvalue weighted by atomic mass is 35.5. The third kappa shape index (κ3) is 5.76. The van der Waals surface area contributed by atoms with Crippen molar-refractivity contribution in [2.45, 2.75) is 19.8 Å². The van der Waals surface area contributed by atoms with Gasteiger partial charge in [-0.25, -0.2) is 0 Å². The lowest BCUT2D eigenvalue weighted by molar-refractivity contribution is -0.117. The van der Waals surface area contributed by atoms with Crippen molar-refractivity contribution in [3.63, 3.8) is 0 Å². The minimum atomic E-state index is 0. The van der Waals surface area contributed by atoms with Crippen LogP contribution in [0.1, 0.15) is 18.4 Å². The van der Waals surface area contributed by atoms with E-state index in [-0.39, 0.29) is 18.3 Å². The SMILES string of the molecule is CNCC1CCCN(CC(=O)Nc2ccc(C)cc2Cl)C1.Cl. The summed E-state index contributed by atoms with van der Waals surface area (Å²) in [5, 5.41) is 6.72. The van der Waals surface area contributed by atoms with Crippen molar-refractivity contribution in [3.05, 3.63) is 28.8 Å². The number of benzene rings is 1. The summed E-state index contributed by atoms with van der Waals surface area (Å²) in [7, 11) is 1.98. The summed E-state index contributed by atoms with van der Waals surface area (Å²) in [5.41, 5.74) is 1.78. The average molecular weight is 346 g/mol. The number of anilines is 1. The molecule has 1 amide bonds. The van der Waals surface area contributed by atoms with Crippen LogP contribution in [0.5, 0.6) is 0 Å². The first kappa shape index (κ1) is 19.2. The predicted octanol–water partition coefficient (Wildman–Crippen LogP) is 2.94. The van der Waals surface area contributed by atoms with Gasteiger partial charge in [0.1, 0.15) is 0 Å². The number of amides is 1. The Labute approximate surface area is 144 Å². The maximum Gasteiger partial charge on any atom is 0.238 e. The van der Waals surface area contributed by atoms with E-state index in [1.807, 2.05) is 32.2 Å². The molecule has 1 unspecified atom stereocenters. The first-order valence-electron chi connectivity index (χ1n) is 7.51. The zero-order chi connectivity index (χ0) is 15.2. The highest BCUT2D eigenvalue weighted by Crippen LogP contribution is 2.23. The number of carbonyl (C=O) groups is 1. The van der Waals surface area contributed by atoms with Gasteiger partial charge in [0, 0.05) is 6.54 Å². The summed E-state index contributed by atoms with van der Waals surface area (Å²) in [6.07, 6.45) is 2.40. The molecule has 2 N–H and O–H groups in total. The van der Waals surface area contributed by atoms with Crippen molar-refractivity contribution in [1.29, 1.82) is 0 Å². The van der Waals surface area contributed by atoms with Crippen molar-refractivity contribution in [1.82, 2.24) is 10.2 Å². The molecule has 6 heteroatoms. The summed E-state index contributed by atoms with van der Waals surface area (Å²) in [6.45, 7) is 5.41. The van der Waals surface area contributed by atoms with E-state index in [9.17, 15) is 4.79 Å². The molecule has 4 nitrogen and oxygen atoms in total. The summed E-state index contributed by atoms with van der Waals surface area (Å²) < 4.78 is 0. The van der Waals surface area contributed by atoms with Gasteiger partial charge in [-0.1, -0.05) is 17.7 Å². The number of halogens is 2. The van der Waals surface area contributed by atoms with Crippen molar-refractivity contribution in [2.75, 3.05) is 38.5 Å². The molecule has 0 radical (unpaired) electrons. The highest BCUT2D eigenvalue weighted by Gasteiger charge is 2.21. The molecule has 1 aliphatic heterocycles. The van der Waals surface area contributed by atoms with E-state index in [0.29, 0.717) is 23.2 Å². The smallest absolute Gasteiger partial charge is 0.238 e. The Balaban J connectivity index is 0.00000242. The van der Waals surface area contributed by atoms with E-state index < -0.39 is 0 Å². The van der Waals surface area contributed by atoms with Gasteiger partial charge in [0.2, 0.25) is 5.91 Å². The second-order valence-corrected chi connectivity index (χ2v) is 6.24. The first-order chi connectivity index (χ1) is 10.1. The molecule has 124 valence electrons. The second-order valence-electron chi connectivity index (χ2n) is 5.83. The molecule has 0 saturated carbocycles. The van der Waals surface area contributed by atoms with E-state index in [4.69, 9.17) is 11.6 Å². The molecule has 1 aromatic rings. The molecule has 1 aliphatic rings. The molecule has 1 fully saturated rings. The third-order valence-corrected chi connectivity index (χ3v) is 4.17. The lowest BCUT2D eigenvalue weighted by Crippen LogP contribution is -2.42. The van der Waals surface area contributed by atoms with Crippen molar-refractivity contribution >= 4 is 35.6 Å². The van der Waals surface area contributed by atoms with E-state index in [1.165, 1.54) is 6.42 Å². The van der Waals surface area contributed by atoms with Crippen LogP contribution in [0.15, 0.2) is 18.2 Å².